The molecular weight excluding hydrogens is 268 g/mol. The Morgan fingerprint density at radius 2 is 2.05 bits per heavy atom. The van der Waals surface area contributed by atoms with Crippen molar-refractivity contribution in [2.75, 3.05) is 19.6 Å². The van der Waals surface area contributed by atoms with Crippen molar-refractivity contribution in [2.45, 2.75) is 26.3 Å². The Kier molecular flexibility index (Phi) is 4.96. The van der Waals surface area contributed by atoms with Gasteiger partial charge in [-0.05, 0) is 24.9 Å². The van der Waals surface area contributed by atoms with Crippen LogP contribution in [-0.2, 0) is 16.1 Å². The Morgan fingerprint density at radius 1 is 1.33 bits per heavy atom. The van der Waals surface area contributed by atoms with Crippen molar-refractivity contribution < 1.29 is 14.7 Å². The van der Waals surface area contributed by atoms with Crippen LogP contribution in [0.2, 0.25) is 0 Å². The van der Waals surface area contributed by atoms with E-state index in [9.17, 15) is 14.7 Å². The third kappa shape index (κ3) is 3.82. The number of amides is 1. The molecule has 1 aliphatic heterocycles. The van der Waals surface area contributed by atoms with Crippen molar-refractivity contribution in [3.05, 3.63) is 35.9 Å². The van der Waals surface area contributed by atoms with Crippen LogP contribution in [0, 0.1) is 5.41 Å². The number of nitrogens with one attached hydrogen (secondary N) is 1. The summed E-state index contributed by atoms with van der Waals surface area (Å²) < 4.78 is 0. The van der Waals surface area contributed by atoms with Gasteiger partial charge in [-0.2, -0.15) is 0 Å². The second-order valence-electron chi connectivity index (χ2n) is 5.66. The number of carboxylic acids is 1. The highest BCUT2D eigenvalue weighted by molar-refractivity contribution is 5.79. The summed E-state index contributed by atoms with van der Waals surface area (Å²) in [5.74, 6) is -0.812. The minimum Gasteiger partial charge on any atom is -0.481 e. The van der Waals surface area contributed by atoms with Crippen LogP contribution in [0.1, 0.15) is 25.3 Å². The van der Waals surface area contributed by atoms with Gasteiger partial charge in [0.05, 0.1) is 12.0 Å². The number of carbonyl (C=O) groups is 2. The number of carbonyl (C=O) groups excluding carboxylic acids is 1. The van der Waals surface area contributed by atoms with Crippen molar-refractivity contribution in [3.63, 3.8) is 0 Å². The summed E-state index contributed by atoms with van der Waals surface area (Å²) in [6, 6.07) is 9.73. The molecule has 0 radical (unpaired) electrons. The maximum atomic E-state index is 11.9. The molecule has 2 N–H and O–H groups in total. The van der Waals surface area contributed by atoms with Crippen molar-refractivity contribution in [2.24, 2.45) is 5.41 Å². The SMILES string of the molecule is CCC1(C(=O)O)CCN(CC(=O)NCc2ccccc2)C1. The number of carboxylic acid groups (broad SMARTS) is 1. The molecule has 1 atom stereocenters. The van der Waals surface area contributed by atoms with E-state index in [1.807, 2.05) is 42.2 Å². The lowest BCUT2D eigenvalue weighted by molar-refractivity contribution is -0.148. The van der Waals surface area contributed by atoms with Crippen LogP contribution in [-0.4, -0.2) is 41.5 Å². The van der Waals surface area contributed by atoms with Gasteiger partial charge in [-0.3, -0.25) is 14.5 Å². The minimum absolute atomic E-state index is 0.0591. The molecule has 1 aromatic carbocycles. The van der Waals surface area contributed by atoms with Gasteiger partial charge in [-0.25, -0.2) is 0 Å². The van der Waals surface area contributed by atoms with Crippen molar-refractivity contribution in [1.29, 1.82) is 0 Å². The Labute approximate surface area is 125 Å². The third-order valence-corrected chi connectivity index (χ3v) is 4.26. The van der Waals surface area contributed by atoms with Crippen molar-refractivity contribution >= 4 is 11.9 Å². The molecule has 0 spiro atoms. The van der Waals surface area contributed by atoms with Gasteiger partial charge < -0.3 is 10.4 Å². The summed E-state index contributed by atoms with van der Waals surface area (Å²) in [5, 5.41) is 12.2. The van der Waals surface area contributed by atoms with Gasteiger partial charge in [-0.1, -0.05) is 37.3 Å². The largest absolute Gasteiger partial charge is 0.481 e. The fourth-order valence-corrected chi connectivity index (χ4v) is 2.76. The molecule has 2 rings (SSSR count). The first-order chi connectivity index (χ1) is 10.1. The Bertz CT molecular complexity index is 504. The number of likely N-dealkylation sites (tertiary alicyclic amines) is 1. The highest BCUT2D eigenvalue weighted by Crippen LogP contribution is 2.33. The van der Waals surface area contributed by atoms with E-state index < -0.39 is 11.4 Å². The van der Waals surface area contributed by atoms with Gasteiger partial charge in [0.2, 0.25) is 5.91 Å². The highest BCUT2D eigenvalue weighted by Gasteiger charge is 2.43. The predicted molar refractivity (Wildman–Crippen MR) is 79.7 cm³/mol. The van der Waals surface area contributed by atoms with E-state index in [1.54, 1.807) is 0 Å². The lowest BCUT2D eigenvalue weighted by atomic mass is 9.84. The molecule has 5 heteroatoms. The second kappa shape index (κ2) is 6.72. The topological polar surface area (TPSA) is 69.6 Å². The number of hydrogen-bond donors (Lipinski definition) is 2. The van der Waals surface area contributed by atoms with Crippen LogP contribution < -0.4 is 5.32 Å². The average molecular weight is 290 g/mol. The lowest BCUT2D eigenvalue weighted by Crippen LogP contribution is -2.39. The van der Waals surface area contributed by atoms with Crippen LogP contribution >= 0.6 is 0 Å². The lowest BCUT2D eigenvalue weighted by Gasteiger charge is -2.22. The van der Waals surface area contributed by atoms with E-state index in [4.69, 9.17) is 0 Å². The van der Waals surface area contributed by atoms with Crippen LogP contribution in [0.5, 0.6) is 0 Å². The summed E-state index contributed by atoms with van der Waals surface area (Å²) in [4.78, 5) is 25.2. The monoisotopic (exact) mass is 290 g/mol. The van der Waals surface area contributed by atoms with Crippen molar-refractivity contribution in [3.8, 4) is 0 Å². The molecule has 0 aromatic heterocycles. The first-order valence-electron chi connectivity index (χ1n) is 7.32. The second-order valence-corrected chi connectivity index (χ2v) is 5.66. The predicted octanol–water partition coefficient (Wildman–Crippen LogP) is 1.49. The molecule has 1 saturated heterocycles. The molecule has 0 bridgehead atoms. The molecule has 1 amide bonds. The fourth-order valence-electron chi connectivity index (χ4n) is 2.76. The quantitative estimate of drug-likeness (QED) is 0.833. The summed E-state index contributed by atoms with van der Waals surface area (Å²) in [6.07, 6.45) is 1.22. The molecule has 21 heavy (non-hydrogen) atoms. The summed E-state index contributed by atoms with van der Waals surface area (Å²) in [7, 11) is 0. The molecule has 1 aromatic rings. The first kappa shape index (κ1) is 15.5. The molecule has 1 aliphatic rings. The molecule has 1 heterocycles. The zero-order valence-electron chi connectivity index (χ0n) is 12.3. The maximum absolute atomic E-state index is 11.9. The Hall–Kier alpha value is -1.88. The molecular formula is C16H22N2O3. The first-order valence-corrected chi connectivity index (χ1v) is 7.32. The van der Waals surface area contributed by atoms with Crippen LogP contribution in [0.25, 0.3) is 0 Å². The summed E-state index contributed by atoms with van der Waals surface area (Å²) in [6.45, 7) is 3.79. The Morgan fingerprint density at radius 3 is 2.62 bits per heavy atom. The standard InChI is InChI=1S/C16H22N2O3/c1-2-16(15(20)21)8-9-18(12-16)11-14(19)17-10-13-6-4-3-5-7-13/h3-7H,2,8-12H2,1H3,(H,17,19)(H,20,21). The average Bonchev–Trinajstić information content (AvgIpc) is 2.91. The van der Waals surface area contributed by atoms with E-state index in [-0.39, 0.29) is 12.5 Å². The summed E-state index contributed by atoms with van der Waals surface area (Å²) in [5.41, 5.74) is 0.375. The number of nitrogens with zero attached hydrogens (tertiary/aromatic N) is 1. The van der Waals surface area contributed by atoms with Crippen LogP contribution in [0.3, 0.4) is 0 Å². The van der Waals surface area contributed by atoms with E-state index in [1.165, 1.54) is 0 Å². The van der Waals surface area contributed by atoms with Crippen LogP contribution in [0.15, 0.2) is 30.3 Å². The Balaban J connectivity index is 1.80. The van der Waals surface area contributed by atoms with E-state index in [0.717, 1.165) is 5.56 Å². The van der Waals surface area contributed by atoms with E-state index in [2.05, 4.69) is 5.32 Å². The van der Waals surface area contributed by atoms with E-state index in [0.29, 0.717) is 32.5 Å². The normalized spacial score (nSPS) is 22.1. The van der Waals surface area contributed by atoms with Gasteiger partial charge >= 0.3 is 5.97 Å². The maximum Gasteiger partial charge on any atom is 0.310 e. The molecule has 1 fully saturated rings. The van der Waals surface area contributed by atoms with Gasteiger partial charge in [0, 0.05) is 13.1 Å². The molecule has 114 valence electrons. The molecule has 0 aliphatic carbocycles. The zero-order chi connectivity index (χ0) is 15.3. The highest BCUT2D eigenvalue weighted by atomic mass is 16.4. The number of hydrogen-bond acceptors (Lipinski definition) is 3. The smallest absolute Gasteiger partial charge is 0.310 e. The third-order valence-electron chi connectivity index (χ3n) is 4.26. The zero-order valence-corrected chi connectivity index (χ0v) is 12.3. The fraction of sp³-hybridized carbons (Fsp3) is 0.500. The van der Waals surface area contributed by atoms with E-state index >= 15 is 0 Å². The number of benzene rings is 1. The molecule has 1 unspecified atom stereocenters. The molecule has 5 nitrogen and oxygen atoms in total. The number of aliphatic carboxylic acids is 1. The van der Waals surface area contributed by atoms with Gasteiger partial charge in [0.15, 0.2) is 0 Å². The van der Waals surface area contributed by atoms with Gasteiger partial charge in [-0.15, -0.1) is 0 Å². The van der Waals surface area contributed by atoms with Gasteiger partial charge in [0.25, 0.3) is 0 Å². The van der Waals surface area contributed by atoms with Crippen LogP contribution in [0.4, 0.5) is 0 Å². The summed E-state index contributed by atoms with van der Waals surface area (Å²) >= 11 is 0. The minimum atomic E-state index is -0.753. The molecule has 0 saturated carbocycles. The number of rotatable bonds is 6. The van der Waals surface area contributed by atoms with Crippen molar-refractivity contribution in [1.82, 2.24) is 10.2 Å². The van der Waals surface area contributed by atoms with Gasteiger partial charge in [0.1, 0.15) is 0 Å².